The first-order valence-corrected chi connectivity index (χ1v) is 10.1. The lowest BCUT2D eigenvalue weighted by molar-refractivity contribution is -0.115. The van der Waals surface area contributed by atoms with Crippen molar-refractivity contribution in [1.82, 2.24) is 19.7 Å². The number of benzene rings is 1. The Morgan fingerprint density at radius 3 is 2.81 bits per heavy atom. The summed E-state index contributed by atoms with van der Waals surface area (Å²) < 4.78 is 6.87. The highest BCUT2D eigenvalue weighted by Crippen LogP contribution is 2.24. The van der Waals surface area contributed by atoms with Crippen LogP contribution in [0, 0.1) is 6.92 Å². The summed E-state index contributed by atoms with van der Waals surface area (Å²) >= 11 is 0. The van der Waals surface area contributed by atoms with Gasteiger partial charge in [-0.05, 0) is 31.0 Å². The van der Waals surface area contributed by atoms with Crippen molar-refractivity contribution in [3.05, 3.63) is 82.0 Å². The maximum Gasteiger partial charge on any atom is 0.252 e. The van der Waals surface area contributed by atoms with Gasteiger partial charge in [0.2, 0.25) is 11.9 Å². The molecule has 4 aromatic rings. The van der Waals surface area contributed by atoms with Crippen LogP contribution in [0.25, 0.3) is 17.4 Å². The van der Waals surface area contributed by atoms with Gasteiger partial charge in [-0.1, -0.05) is 43.2 Å². The molecule has 1 amide bonds. The summed E-state index contributed by atoms with van der Waals surface area (Å²) in [6.45, 7) is 4.00. The molecule has 158 valence electrons. The van der Waals surface area contributed by atoms with Crippen molar-refractivity contribution in [1.29, 1.82) is 0 Å². The first kappa shape index (κ1) is 20.3. The Balaban J connectivity index is 1.69. The van der Waals surface area contributed by atoms with Gasteiger partial charge in [-0.3, -0.25) is 14.6 Å². The van der Waals surface area contributed by atoms with E-state index in [-0.39, 0.29) is 23.8 Å². The third-order valence-electron chi connectivity index (χ3n) is 4.69. The number of aryl methyl sites for hydroxylation is 2. The van der Waals surface area contributed by atoms with Gasteiger partial charge >= 0.3 is 0 Å². The number of nitrogens with one attached hydrogen (secondary N) is 2. The zero-order valence-electron chi connectivity index (χ0n) is 17.4. The molecule has 8 heteroatoms. The van der Waals surface area contributed by atoms with Gasteiger partial charge in [0.1, 0.15) is 11.5 Å². The van der Waals surface area contributed by atoms with Gasteiger partial charge in [0.25, 0.3) is 5.56 Å². The minimum atomic E-state index is -0.277. The number of furan rings is 1. The smallest absolute Gasteiger partial charge is 0.252 e. The van der Waals surface area contributed by atoms with E-state index in [0.29, 0.717) is 29.4 Å². The molecule has 0 aliphatic rings. The van der Waals surface area contributed by atoms with Crippen LogP contribution < -0.4 is 10.9 Å². The second-order valence-corrected chi connectivity index (χ2v) is 7.33. The molecular weight excluding hydrogens is 394 g/mol. The maximum absolute atomic E-state index is 12.7. The minimum absolute atomic E-state index is 0.204. The highest BCUT2D eigenvalue weighted by molar-refractivity contribution is 5.92. The summed E-state index contributed by atoms with van der Waals surface area (Å²) in [5, 5.41) is 7.40. The molecule has 0 saturated carbocycles. The minimum Gasteiger partial charge on any atom is -0.463 e. The van der Waals surface area contributed by atoms with Gasteiger partial charge in [-0.25, -0.2) is 4.98 Å². The molecule has 1 aromatic carbocycles. The SMILES string of the molecule is CCCc1cc(=O)[nH]c(-n2nc(-c3ccco3)cc2NC(=O)Cc2cccc(C)c2)n1. The average molecular weight is 417 g/mol. The van der Waals surface area contributed by atoms with Crippen LogP contribution in [0.3, 0.4) is 0 Å². The molecule has 8 nitrogen and oxygen atoms in total. The number of amides is 1. The molecule has 0 spiro atoms. The van der Waals surface area contributed by atoms with Crippen LogP contribution in [-0.4, -0.2) is 25.7 Å². The predicted octanol–water partition coefficient (Wildman–Crippen LogP) is 3.66. The van der Waals surface area contributed by atoms with Crippen LogP contribution in [0.2, 0.25) is 0 Å². The van der Waals surface area contributed by atoms with Crippen LogP contribution in [-0.2, 0) is 17.6 Å². The van der Waals surface area contributed by atoms with Crippen LogP contribution >= 0.6 is 0 Å². The molecule has 0 bridgehead atoms. The summed E-state index contributed by atoms with van der Waals surface area (Å²) in [7, 11) is 0. The van der Waals surface area contributed by atoms with Crippen LogP contribution in [0.15, 0.2) is 64.0 Å². The number of hydrogen-bond donors (Lipinski definition) is 2. The zero-order chi connectivity index (χ0) is 21.8. The lowest BCUT2D eigenvalue weighted by Crippen LogP contribution is -2.20. The largest absolute Gasteiger partial charge is 0.463 e. The van der Waals surface area contributed by atoms with Crippen molar-refractivity contribution in [3.63, 3.8) is 0 Å². The molecular formula is C23H23N5O3. The van der Waals surface area contributed by atoms with E-state index in [9.17, 15) is 9.59 Å². The molecule has 0 fully saturated rings. The number of carbonyl (C=O) groups is 1. The molecule has 31 heavy (non-hydrogen) atoms. The lowest BCUT2D eigenvalue weighted by atomic mass is 10.1. The van der Waals surface area contributed by atoms with Gasteiger partial charge in [-0.15, -0.1) is 0 Å². The van der Waals surface area contributed by atoms with E-state index in [1.165, 1.54) is 10.7 Å². The molecule has 3 heterocycles. The maximum atomic E-state index is 12.7. The molecule has 3 aromatic heterocycles. The summed E-state index contributed by atoms with van der Waals surface area (Å²) in [4.78, 5) is 32.1. The van der Waals surface area contributed by atoms with E-state index in [1.54, 1.807) is 24.5 Å². The number of carbonyl (C=O) groups excluding carboxylic acids is 1. The van der Waals surface area contributed by atoms with Gasteiger partial charge in [0, 0.05) is 17.8 Å². The van der Waals surface area contributed by atoms with E-state index < -0.39 is 0 Å². The average Bonchev–Trinajstić information content (AvgIpc) is 3.37. The van der Waals surface area contributed by atoms with Crippen molar-refractivity contribution < 1.29 is 9.21 Å². The fourth-order valence-corrected chi connectivity index (χ4v) is 3.35. The molecule has 0 aliphatic carbocycles. The summed E-state index contributed by atoms with van der Waals surface area (Å²) in [6.07, 6.45) is 3.28. The number of aromatic amines is 1. The standard InChI is InChI=1S/C23H23N5O3/c1-3-6-17-13-22(30)26-23(24-17)28-20(14-18(27-28)19-9-5-10-31-19)25-21(29)12-16-8-4-7-15(2)11-16/h4-5,7-11,13-14H,3,6,12H2,1-2H3,(H,25,29)(H,24,26,30). The number of aromatic nitrogens is 4. The first-order chi connectivity index (χ1) is 15.0. The fourth-order valence-electron chi connectivity index (χ4n) is 3.35. The summed E-state index contributed by atoms with van der Waals surface area (Å²) in [6, 6.07) is 14.5. The van der Waals surface area contributed by atoms with E-state index in [4.69, 9.17) is 4.42 Å². The molecule has 2 N–H and O–H groups in total. The van der Waals surface area contributed by atoms with Crippen LogP contribution in [0.4, 0.5) is 5.82 Å². The van der Waals surface area contributed by atoms with E-state index >= 15 is 0 Å². The van der Waals surface area contributed by atoms with Crippen molar-refractivity contribution in [2.24, 2.45) is 0 Å². The Bertz CT molecular complexity index is 1250. The second-order valence-electron chi connectivity index (χ2n) is 7.33. The Morgan fingerprint density at radius 1 is 1.19 bits per heavy atom. The van der Waals surface area contributed by atoms with Crippen molar-refractivity contribution in [2.45, 2.75) is 33.1 Å². The monoisotopic (exact) mass is 417 g/mol. The molecule has 0 radical (unpaired) electrons. The third-order valence-corrected chi connectivity index (χ3v) is 4.69. The number of H-pyrrole nitrogens is 1. The summed E-state index contributed by atoms with van der Waals surface area (Å²) in [5.41, 5.74) is 2.89. The topological polar surface area (TPSA) is 106 Å². The van der Waals surface area contributed by atoms with E-state index in [0.717, 1.165) is 17.5 Å². The van der Waals surface area contributed by atoms with Crippen molar-refractivity contribution in [2.75, 3.05) is 5.32 Å². The molecule has 0 unspecified atom stereocenters. The molecule has 0 aliphatic heterocycles. The van der Waals surface area contributed by atoms with Gasteiger partial charge < -0.3 is 9.73 Å². The first-order valence-electron chi connectivity index (χ1n) is 10.1. The number of rotatable bonds is 7. The fraction of sp³-hybridized carbons (Fsp3) is 0.217. The number of hydrogen-bond acceptors (Lipinski definition) is 5. The van der Waals surface area contributed by atoms with Crippen LogP contribution in [0.5, 0.6) is 0 Å². The number of anilines is 1. The van der Waals surface area contributed by atoms with E-state index in [2.05, 4.69) is 20.4 Å². The lowest BCUT2D eigenvalue weighted by Gasteiger charge is -2.09. The van der Waals surface area contributed by atoms with Gasteiger partial charge in [-0.2, -0.15) is 9.78 Å². The van der Waals surface area contributed by atoms with Gasteiger partial charge in [0.15, 0.2) is 5.76 Å². The third kappa shape index (κ3) is 4.80. The number of nitrogens with zero attached hydrogens (tertiary/aromatic N) is 3. The Morgan fingerprint density at radius 2 is 2.06 bits per heavy atom. The van der Waals surface area contributed by atoms with Gasteiger partial charge in [0.05, 0.1) is 12.7 Å². The normalized spacial score (nSPS) is 10.9. The zero-order valence-corrected chi connectivity index (χ0v) is 17.4. The molecule has 0 atom stereocenters. The second kappa shape index (κ2) is 8.83. The Hall–Kier alpha value is -3.94. The van der Waals surface area contributed by atoms with Crippen LogP contribution in [0.1, 0.15) is 30.2 Å². The van der Waals surface area contributed by atoms with Crippen molar-refractivity contribution >= 4 is 11.7 Å². The molecule has 0 saturated heterocycles. The highest BCUT2D eigenvalue weighted by atomic mass is 16.3. The van der Waals surface area contributed by atoms with Crippen molar-refractivity contribution in [3.8, 4) is 17.4 Å². The molecule has 4 rings (SSSR count). The summed E-state index contributed by atoms with van der Waals surface area (Å²) in [5.74, 6) is 0.963. The quantitative estimate of drug-likeness (QED) is 0.477. The van der Waals surface area contributed by atoms with E-state index in [1.807, 2.05) is 38.1 Å². The Kier molecular flexibility index (Phi) is 5.79. The Labute approximate surface area is 179 Å². The predicted molar refractivity (Wildman–Crippen MR) is 117 cm³/mol. The highest BCUT2D eigenvalue weighted by Gasteiger charge is 2.17.